The van der Waals surface area contributed by atoms with E-state index < -0.39 is 5.97 Å². The molecule has 0 radical (unpaired) electrons. The van der Waals surface area contributed by atoms with Crippen LogP contribution in [-0.2, 0) is 18.3 Å². The zero-order chi connectivity index (χ0) is 12.8. The van der Waals surface area contributed by atoms with E-state index in [0.29, 0.717) is 18.8 Å². The molecular weight excluding hydrogens is 222 g/mol. The number of carboxylic acid groups (broad SMARTS) is 1. The zero-order valence-corrected chi connectivity index (χ0v) is 10.4. The molecule has 1 aromatic heterocycles. The molecule has 0 fully saturated rings. The topological polar surface area (TPSA) is 76.4 Å². The second-order valence-corrected chi connectivity index (χ2v) is 4.00. The third-order valence-corrected chi connectivity index (χ3v) is 2.66. The third-order valence-electron chi connectivity index (χ3n) is 2.66. The number of methoxy groups -OCH3 is 1. The Labute approximate surface area is 101 Å². The highest BCUT2D eigenvalue weighted by atomic mass is 16.5. The summed E-state index contributed by atoms with van der Waals surface area (Å²) in [6.45, 7) is 3.21. The second-order valence-electron chi connectivity index (χ2n) is 4.00. The van der Waals surface area contributed by atoms with Crippen molar-refractivity contribution in [2.24, 2.45) is 7.05 Å². The number of nitrogens with one attached hydrogen (secondary N) is 1. The minimum Gasteiger partial charge on any atom is -0.478 e. The van der Waals surface area contributed by atoms with Gasteiger partial charge in [-0.15, -0.1) is 0 Å². The van der Waals surface area contributed by atoms with Crippen LogP contribution in [-0.4, -0.2) is 40.6 Å². The molecule has 0 aliphatic rings. The first kappa shape index (κ1) is 13.7. The molecule has 0 aliphatic heterocycles. The number of ether oxygens (including phenoxy) is 1. The summed E-state index contributed by atoms with van der Waals surface area (Å²) in [5.74, 6) is -0.945. The number of rotatable bonds is 7. The minimum absolute atomic E-state index is 0.249. The molecule has 0 aliphatic carbocycles. The molecule has 0 bridgehead atoms. The van der Waals surface area contributed by atoms with Crippen molar-refractivity contribution in [3.63, 3.8) is 0 Å². The van der Waals surface area contributed by atoms with Crippen molar-refractivity contribution in [1.82, 2.24) is 15.1 Å². The van der Waals surface area contributed by atoms with Gasteiger partial charge < -0.3 is 15.2 Å². The van der Waals surface area contributed by atoms with Gasteiger partial charge in [-0.1, -0.05) is 0 Å². The van der Waals surface area contributed by atoms with Crippen molar-refractivity contribution in [3.8, 4) is 0 Å². The van der Waals surface area contributed by atoms with Crippen LogP contribution in [0.4, 0.5) is 0 Å². The Kier molecular flexibility index (Phi) is 5.11. The Morgan fingerprint density at radius 1 is 1.71 bits per heavy atom. The van der Waals surface area contributed by atoms with Crippen LogP contribution in [0.1, 0.15) is 29.4 Å². The normalized spacial score (nSPS) is 12.6. The third kappa shape index (κ3) is 3.83. The van der Waals surface area contributed by atoms with Crippen LogP contribution in [0.2, 0.25) is 0 Å². The molecule has 1 atom stereocenters. The van der Waals surface area contributed by atoms with Gasteiger partial charge in [-0.25, -0.2) is 4.79 Å². The van der Waals surface area contributed by atoms with Crippen molar-refractivity contribution in [2.45, 2.75) is 25.9 Å². The van der Waals surface area contributed by atoms with Gasteiger partial charge in [0.2, 0.25) is 0 Å². The molecule has 0 saturated heterocycles. The van der Waals surface area contributed by atoms with E-state index in [1.54, 1.807) is 18.8 Å². The summed E-state index contributed by atoms with van der Waals surface area (Å²) >= 11 is 0. The molecule has 1 aromatic rings. The van der Waals surface area contributed by atoms with Crippen LogP contribution < -0.4 is 5.32 Å². The van der Waals surface area contributed by atoms with E-state index >= 15 is 0 Å². The lowest BCUT2D eigenvalue weighted by molar-refractivity contribution is 0.0695. The lowest BCUT2D eigenvalue weighted by Crippen LogP contribution is -2.28. The van der Waals surface area contributed by atoms with Crippen LogP contribution in [0, 0.1) is 0 Å². The highest BCUT2D eigenvalue weighted by molar-refractivity contribution is 5.88. The molecule has 2 N–H and O–H groups in total. The van der Waals surface area contributed by atoms with Crippen molar-refractivity contribution >= 4 is 5.97 Å². The van der Waals surface area contributed by atoms with E-state index in [1.807, 2.05) is 6.92 Å². The molecule has 1 rings (SSSR count). The number of carboxylic acids is 1. The molecule has 0 aromatic carbocycles. The number of carbonyl (C=O) groups is 1. The van der Waals surface area contributed by atoms with Crippen molar-refractivity contribution in [2.75, 3.05) is 13.7 Å². The van der Waals surface area contributed by atoms with Gasteiger partial charge in [0.15, 0.2) is 0 Å². The predicted octanol–water partition coefficient (Wildman–Crippen LogP) is 0.633. The smallest absolute Gasteiger partial charge is 0.339 e. The fourth-order valence-electron chi connectivity index (χ4n) is 1.52. The van der Waals surface area contributed by atoms with Crippen LogP contribution in [0.5, 0.6) is 0 Å². The minimum atomic E-state index is -0.945. The Hall–Kier alpha value is -1.40. The highest BCUT2D eigenvalue weighted by Gasteiger charge is 2.15. The summed E-state index contributed by atoms with van der Waals surface area (Å²) in [5, 5.41) is 16.2. The highest BCUT2D eigenvalue weighted by Crippen LogP contribution is 2.07. The molecule has 0 amide bonds. The maximum Gasteiger partial charge on any atom is 0.339 e. The summed E-state index contributed by atoms with van der Waals surface area (Å²) in [4.78, 5) is 11.0. The molecule has 6 heteroatoms. The van der Waals surface area contributed by atoms with Gasteiger partial charge in [0.25, 0.3) is 0 Å². The molecule has 0 saturated carbocycles. The van der Waals surface area contributed by atoms with Crippen LogP contribution >= 0.6 is 0 Å². The number of hydrogen-bond acceptors (Lipinski definition) is 4. The first-order valence-corrected chi connectivity index (χ1v) is 5.52. The summed E-state index contributed by atoms with van der Waals surface area (Å²) in [6.07, 6.45) is 2.26. The van der Waals surface area contributed by atoms with Crippen LogP contribution in [0.3, 0.4) is 0 Å². The number of nitrogens with zero attached hydrogens (tertiary/aromatic N) is 2. The quantitative estimate of drug-likeness (QED) is 0.732. The summed E-state index contributed by atoms with van der Waals surface area (Å²) in [6, 6.07) is 0.270. The molecule has 1 unspecified atom stereocenters. The predicted molar refractivity (Wildman–Crippen MR) is 63.0 cm³/mol. The summed E-state index contributed by atoms with van der Waals surface area (Å²) in [5.41, 5.74) is 0.931. The van der Waals surface area contributed by atoms with E-state index in [9.17, 15) is 4.79 Å². The second kappa shape index (κ2) is 6.36. The summed E-state index contributed by atoms with van der Waals surface area (Å²) in [7, 11) is 3.40. The molecule has 17 heavy (non-hydrogen) atoms. The first-order valence-electron chi connectivity index (χ1n) is 5.52. The van der Waals surface area contributed by atoms with E-state index in [0.717, 1.165) is 6.42 Å². The Bertz CT molecular complexity index is 376. The maximum atomic E-state index is 11.0. The van der Waals surface area contributed by atoms with Gasteiger partial charge in [-0.2, -0.15) is 5.10 Å². The van der Waals surface area contributed by atoms with Gasteiger partial charge in [0.1, 0.15) is 5.56 Å². The lowest BCUT2D eigenvalue weighted by Gasteiger charge is -2.13. The number of aromatic carboxylic acids is 1. The van der Waals surface area contributed by atoms with Crippen molar-refractivity contribution in [3.05, 3.63) is 17.5 Å². The number of hydrogen-bond donors (Lipinski definition) is 2. The number of aromatic nitrogens is 2. The lowest BCUT2D eigenvalue weighted by atomic mass is 10.2. The fraction of sp³-hybridized carbons (Fsp3) is 0.636. The molecule has 6 nitrogen and oxygen atoms in total. The Morgan fingerprint density at radius 2 is 2.41 bits per heavy atom. The zero-order valence-electron chi connectivity index (χ0n) is 10.4. The van der Waals surface area contributed by atoms with E-state index in [2.05, 4.69) is 10.4 Å². The Balaban J connectivity index is 2.56. The van der Waals surface area contributed by atoms with E-state index in [1.165, 1.54) is 6.20 Å². The molecular formula is C11H19N3O3. The van der Waals surface area contributed by atoms with Gasteiger partial charge in [0.05, 0.1) is 11.9 Å². The van der Waals surface area contributed by atoms with Crippen molar-refractivity contribution < 1.29 is 14.6 Å². The van der Waals surface area contributed by atoms with Gasteiger partial charge in [0, 0.05) is 33.4 Å². The van der Waals surface area contributed by atoms with Crippen LogP contribution in [0.15, 0.2) is 6.20 Å². The monoisotopic (exact) mass is 241 g/mol. The molecule has 0 spiro atoms. The molecule has 96 valence electrons. The first-order chi connectivity index (χ1) is 8.06. The van der Waals surface area contributed by atoms with E-state index in [4.69, 9.17) is 9.84 Å². The maximum absolute atomic E-state index is 11.0. The van der Waals surface area contributed by atoms with Gasteiger partial charge in [-0.3, -0.25) is 4.68 Å². The Morgan fingerprint density at radius 3 is 3.00 bits per heavy atom. The van der Waals surface area contributed by atoms with E-state index in [-0.39, 0.29) is 11.6 Å². The average Bonchev–Trinajstić information content (AvgIpc) is 2.65. The van der Waals surface area contributed by atoms with Gasteiger partial charge in [-0.05, 0) is 13.3 Å². The largest absolute Gasteiger partial charge is 0.478 e. The fourth-order valence-corrected chi connectivity index (χ4v) is 1.52. The SMILES string of the molecule is COCCC(C)NCc1c(C(=O)O)cnn1C. The number of aryl methyl sites for hydroxylation is 1. The van der Waals surface area contributed by atoms with Gasteiger partial charge >= 0.3 is 5.97 Å². The average molecular weight is 241 g/mol. The van der Waals surface area contributed by atoms with Crippen LogP contribution in [0.25, 0.3) is 0 Å². The standard InChI is InChI=1S/C11H19N3O3/c1-8(4-5-17-3)12-7-10-9(11(15)16)6-13-14(10)2/h6,8,12H,4-5,7H2,1-3H3,(H,15,16). The molecule has 1 heterocycles. The van der Waals surface area contributed by atoms with Crippen molar-refractivity contribution in [1.29, 1.82) is 0 Å². The summed E-state index contributed by atoms with van der Waals surface area (Å²) < 4.78 is 6.57.